The van der Waals surface area contributed by atoms with Crippen LogP contribution in [-0.4, -0.2) is 31.1 Å². The van der Waals surface area contributed by atoms with Crippen LogP contribution in [0.2, 0.25) is 5.02 Å². The van der Waals surface area contributed by atoms with Crippen molar-refractivity contribution in [1.82, 2.24) is 5.32 Å². The SMILES string of the molecule is O=C(Nc1ccccc1C(=O)NCC1CCCO1)c1cccc(OCc2ccccc2Cl)c1. The molecule has 7 heteroatoms. The Hall–Kier alpha value is -3.35. The van der Waals surface area contributed by atoms with E-state index in [0.717, 1.165) is 25.0 Å². The van der Waals surface area contributed by atoms with Crippen molar-refractivity contribution < 1.29 is 19.1 Å². The smallest absolute Gasteiger partial charge is 0.255 e. The molecule has 1 atom stereocenters. The third kappa shape index (κ3) is 6.12. The Balaban J connectivity index is 1.40. The van der Waals surface area contributed by atoms with E-state index in [2.05, 4.69) is 10.6 Å². The Labute approximate surface area is 197 Å². The van der Waals surface area contributed by atoms with Crippen molar-refractivity contribution >= 4 is 29.1 Å². The number of nitrogens with one attached hydrogen (secondary N) is 2. The van der Waals surface area contributed by atoms with Crippen LogP contribution < -0.4 is 15.4 Å². The van der Waals surface area contributed by atoms with E-state index in [-0.39, 0.29) is 17.9 Å². The monoisotopic (exact) mass is 464 g/mol. The maximum Gasteiger partial charge on any atom is 0.255 e. The van der Waals surface area contributed by atoms with Crippen molar-refractivity contribution in [2.45, 2.75) is 25.6 Å². The summed E-state index contributed by atoms with van der Waals surface area (Å²) in [6, 6.07) is 21.2. The standard InChI is InChI=1S/C26H25ClN2O4/c27-23-12-3-1-7-19(23)17-33-20-9-5-8-18(15-20)25(30)29-24-13-4-2-11-22(24)26(31)28-16-21-10-6-14-32-21/h1-5,7-9,11-13,15,21H,6,10,14,16-17H2,(H,28,31)(H,29,30). The van der Waals surface area contributed by atoms with Crippen LogP contribution in [0.5, 0.6) is 5.75 Å². The minimum absolute atomic E-state index is 0.0456. The highest BCUT2D eigenvalue weighted by molar-refractivity contribution is 6.31. The van der Waals surface area contributed by atoms with Gasteiger partial charge in [-0.05, 0) is 49.2 Å². The lowest BCUT2D eigenvalue weighted by Crippen LogP contribution is -2.32. The largest absolute Gasteiger partial charge is 0.489 e. The van der Waals surface area contributed by atoms with Gasteiger partial charge in [0.15, 0.2) is 0 Å². The fourth-order valence-electron chi connectivity index (χ4n) is 3.60. The molecule has 1 unspecified atom stereocenters. The van der Waals surface area contributed by atoms with Gasteiger partial charge in [0.05, 0.1) is 17.4 Å². The third-order valence-electron chi connectivity index (χ3n) is 5.38. The Morgan fingerprint density at radius 1 is 1.00 bits per heavy atom. The summed E-state index contributed by atoms with van der Waals surface area (Å²) in [5.41, 5.74) is 2.11. The minimum atomic E-state index is -0.336. The summed E-state index contributed by atoms with van der Waals surface area (Å²) < 4.78 is 11.4. The number of carbonyl (C=O) groups is 2. The summed E-state index contributed by atoms with van der Waals surface area (Å²) in [7, 11) is 0. The van der Waals surface area contributed by atoms with Gasteiger partial charge in [-0.2, -0.15) is 0 Å². The number of hydrogen-bond donors (Lipinski definition) is 2. The number of rotatable bonds is 8. The summed E-state index contributed by atoms with van der Waals surface area (Å²) in [5.74, 6) is -0.0408. The van der Waals surface area contributed by atoms with Gasteiger partial charge in [-0.15, -0.1) is 0 Å². The molecule has 6 nitrogen and oxygen atoms in total. The van der Waals surface area contributed by atoms with Gasteiger partial charge in [0.1, 0.15) is 12.4 Å². The van der Waals surface area contributed by atoms with Crippen LogP contribution in [0.25, 0.3) is 0 Å². The molecule has 33 heavy (non-hydrogen) atoms. The molecule has 0 aromatic heterocycles. The molecule has 1 aliphatic heterocycles. The van der Waals surface area contributed by atoms with Gasteiger partial charge >= 0.3 is 0 Å². The highest BCUT2D eigenvalue weighted by Crippen LogP contribution is 2.21. The third-order valence-corrected chi connectivity index (χ3v) is 5.75. The maximum atomic E-state index is 12.9. The molecule has 1 heterocycles. The number of anilines is 1. The molecule has 0 spiro atoms. The molecule has 0 saturated carbocycles. The van der Waals surface area contributed by atoms with Crippen LogP contribution in [0.15, 0.2) is 72.8 Å². The zero-order valence-electron chi connectivity index (χ0n) is 18.1. The number of benzene rings is 3. The second kappa shape index (κ2) is 11.0. The van der Waals surface area contributed by atoms with Crippen LogP contribution >= 0.6 is 11.6 Å². The quantitative estimate of drug-likeness (QED) is 0.487. The summed E-state index contributed by atoms with van der Waals surface area (Å²) in [4.78, 5) is 25.6. The van der Waals surface area contributed by atoms with E-state index in [4.69, 9.17) is 21.1 Å². The summed E-state index contributed by atoms with van der Waals surface area (Å²) in [6.07, 6.45) is 1.99. The predicted molar refractivity (Wildman–Crippen MR) is 128 cm³/mol. The van der Waals surface area contributed by atoms with Crippen LogP contribution in [0, 0.1) is 0 Å². The zero-order valence-corrected chi connectivity index (χ0v) is 18.8. The molecule has 0 aliphatic carbocycles. The van der Waals surface area contributed by atoms with E-state index >= 15 is 0 Å². The first-order valence-corrected chi connectivity index (χ1v) is 11.2. The van der Waals surface area contributed by atoms with Gasteiger partial charge in [-0.3, -0.25) is 9.59 Å². The maximum absolute atomic E-state index is 12.9. The molecule has 0 bridgehead atoms. The Morgan fingerprint density at radius 3 is 2.64 bits per heavy atom. The Bertz CT molecular complexity index is 1130. The topological polar surface area (TPSA) is 76.7 Å². The lowest BCUT2D eigenvalue weighted by Gasteiger charge is -2.14. The number of ether oxygens (including phenoxy) is 2. The fourth-order valence-corrected chi connectivity index (χ4v) is 3.79. The molecule has 1 fully saturated rings. The van der Waals surface area contributed by atoms with Crippen molar-refractivity contribution in [3.05, 3.63) is 94.5 Å². The predicted octanol–water partition coefficient (Wildman–Crippen LogP) is 5.08. The van der Waals surface area contributed by atoms with Crippen molar-refractivity contribution in [1.29, 1.82) is 0 Å². The van der Waals surface area contributed by atoms with Gasteiger partial charge < -0.3 is 20.1 Å². The van der Waals surface area contributed by atoms with Crippen LogP contribution in [0.4, 0.5) is 5.69 Å². The van der Waals surface area contributed by atoms with Crippen molar-refractivity contribution in [2.75, 3.05) is 18.5 Å². The second-order valence-electron chi connectivity index (χ2n) is 7.75. The number of amides is 2. The first kappa shape index (κ1) is 22.8. The number of para-hydroxylation sites is 1. The lowest BCUT2D eigenvalue weighted by molar-refractivity contribution is 0.0858. The fraction of sp³-hybridized carbons (Fsp3) is 0.231. The number of halogens is 1. The zero-order chi connectivity index (χ0) is 23.0. The van der Waals surface area contributed by atoms with E-state index in [1.54, 1.807) is 54.6 Å². The number of carbonyl (C=O) groups excluding carboxylic acids is 2. The molecular formula is C26H25ClN2O4. The van der Waals surface area contributed by atoms with E-state index in [1.807, 2.05) is 18.2 Å². The highest BCUT2D eigenvalue weighted by atomic mass is 35.5. The van der Waals surface area contributed by atoms with E-state index in [9.17, 15) is 9.59 Å². The normalized spacial score (nSPS) is 15.1. The highest BCUT2D eigenvalue weighted by Gasteiger charge is 2.19. The van der Waals surface area contributed by atoms with Crippen LogP contribution in [-0.2, 0) is 11.3 Å². The second-order valence-corrected chi connectivity index (χ2v) is 8.16. The molecule has 2 N–H and O–H groups in total. The molecule has 1 saturated heterocycles. The van der Waals surface area contributed by atoms with Gasteiger partial charge in [0.25, 0.3) is 11.8 Å². The average Bonchev–Trinajstić information content (AvgIpc) is 3.36. The molecule has 1 aliphatic rings. The van der Waals surface area contributed by atoms with E-state index in [1.165, 1.54) is 0 Å². The molecule has 2 amide bonds. The van der Waals surface area contributed by atoms with Crippen LogP contribution in [0.3, 0.4) is 0 Å². The van der Waals surface area contributed by atoms with Crippen molar-refractivity contribution in [3.63, 3.8) is 0 Å². The van der Waals surface area contributed by atoms with Crippen molar-refractivity contribution in [2.24, 2.45) is 0 Å². The minimum Gasteiger partial charge on any atom is -0.489 e. The van der Waals surface area contributed by atoms with Gasteiger partial charge in [0.2, 0.25) is 0 Å². The van der Waals surface area contributed by atoms with E-state index in [0.29, 0.717) is 40.7 Å². The average molecular weight is 465 g/mol. The Morgan fingerprint density at radius 2 is 1.82 bits per heavy atom. The lowest BCUT2D eigenvalue weighted by atomic mass is 10.1. The van der Waals surface area contributed by atoms with Crippen LogP contribution in [0.1, 0.15) is 39.1 Å². The first-order chi connectivity index (χ1) is 16.1. The van der Waals surface area contributed by atoms with Gasteiger partial charge in [0, 0.05) is 29.3 Å². The molecule has 4 rings (SSSR count). The summed E-state index contributed by atoms with van der Waals surface area (Å²) >= 11 is 6.18. The molecular weight excluding hydrogens is 440 g/mol. The van der Waals surface area contributed by atoms with E-state index < -0.39 is 0 Å². The molecule has 3 aromatic carbocycles. The molecule has 3 aromatic rings. The summed E-state index contributed by atoms with van der Waals surface area (Å²) in [5, 5.41) is 6.36. The van der Waals surface area contributed by atoms with Gasteiger partial charge in [-0.1, -0.05) is 48.0 Å². The van der Waals surface area contributed by atoms with Crippen molar-refractivity contribution in [3.8, 4) is 5.75 Å². The first-order valence-electron chi connectivity index (χ1n) is 10.9. The molecule has 0 radical (unpaired) electrons. The summed E-state index contributed by atoms with van der Waals surface area (Å²) in [6.45, 7) is 1.47. The Kier molecular flexibility index (Phi) is 7.60. The number of hydrogen-bond acceptors (Lipinski definition) is 4. The van der Waals surface area contributed by atoms with Gasteiger partial charge in [-0.25, -0.2) is 0 Å². The molecule has 170 valence electrons.